The molecule has 0 bridgehead atoms. The number of ether oxygens (including phenoxy) is 3. The SMILES string of the molecule is COC(=O)c1ccc(NC(=O)C[C@H]2C(=O)N(c3ccccc3)C(=S)N2CCc2ccc(OC)c(OC)c2)cc1. The van der Waals surface area contributed by atoms with E-state index in [1.54, 1.807) is 43.4 Å². The van der Waals surface area contributed by atoms with E-state index in [1.807, 2.05) is 48.5 Å². The van der Waals surface area contributed by atoms with Crippen molar-refractivity contribution in [2.24, 2.45) is 0 Å². The van der Waals surface area contributed by atoms with Gasteiger partial charge >= 0.3 is 5.97 Å². The molecule has 1 heterocycles. The number of thiocarbonyl (C=S) groups is 1. The third kappa shape index (κ3) is 6.18. The van der Waals surface area contributed by atoms with Gasteiger partial charge in [-0.1, -0.05) is 24.3 Å². The van der Waals surface area contributed by atoms with Gasteiger partial charge in [0.1, 0.15) is 6.04 Å². The largest absolute Gasteiger partial charge is 0.493 e. The van der Waals surface area contributed by atoms with E-state index in [0.29, 0.717) is 46.5 Å². The molecule has 1 aliphatic rings. The number of esters is 1. The van der Waals surface area contributed by atoms with E-state index in [1.165, 1.54) is 12.0 Å². The lowest BCUT2D eigenvalue weighted by Gasteiger charge is -2.24. The number of benzene rings is 3. The van der Waals surface area contributed by atoms with Gasteiger partial charge < -0.3 is 24.4 Å². The molecular formula is C29H29N3O6S. The minimum atomic E-state index is -0.785. The summed E-state index contributed by atoms with van der Waals surface area (Å²) in [6, 6.07) is 20.3. The lowest BCUT2D eigenvalue weighted by molar-refractivity contribution is -0.124. The van der Waals surface area contributed by atoms with Gasteiger partial charge in [-0.3, -0.25) is 14.5 Å². The Balaban J connectivity index is 1.53. The standard InChI is InChI=1S/C29H29N3O6S/c1-36-24-14-9-19(17-25(24)37-2)15-16-31-23(27(34)32(29(31)39)22-7-5-4-6-8-22)18-26(33)30-21-12-10-20(11-13-21)28(35)38-3/h4-14,17,23H,15-16,18H2,1-3H3,(H,30,33)/t23-/m0/s1. The number of anilines is 2. The summed E-state index contributed by atoms with van der Waals surface area (Å²) < 4.78 is 15.4. The number of nitrogens with zero attached hydrogens (tertiary/aromatic N) is 2. The smallest absolute Gasteiger partial charge is 0.337 e. The summed E-state index contributed by atoms with van der Waals surface area (Å²) in [5, 5.41) is 3.14. The molecule has 3 aromatic carbocycles. The van der Waals surface area contributed by atoms with E-state index in [0.717, 1.165) is 5.56 Å². The molecule has 1 saturated heterocycles. The lowest BCUT2D eigenvalue weighted by atomic mass is 10.1. The number of hydrogen-bond donors (Lipinski definition) is 1. The molecule has 9 nitrogen and oxygen atoms in total. The van der Waals surface area contributed by atoms with E-state index in [2.05, 4.69) is 5.32 Å². The Labute approximate surface area is 232 Å². The van der Waals surface area contributed by atoms with Crippen molar-refractivity contribution in [3.05, 3.63) is 83.9 Å². The van der Waals surface area contributed by atoms with Crippen molar-refractivity contribution in [2.45, 2.75) is 18.9 Å². The summed E-state index contributed by atoms with van der Waals surface area (Å²) in [6.07, 6.45) is 0.455. The summed E-state index contributed by atoms with van der Waals surface area (Å²) in [5.74, 6) is 0.138. The zero-order valence-electron chi connectivity index (χ0n) is 21.9. The van der Waals surface area contributed by atoms with E-state index in [-0.39, 0.29) is 18.2 Å². The Morgan fingerprint density at radius 3 is 2.26 bits per heavy atom. The Hall–Kier alpha value is -4.44. The molecule has 0 unspecified atom stereocenters. The summed E-state index contributed by atoms with van der Waals surface area (Å²) >= 11 is 5.75. The molecule has 0 saturated carbocycles. The monoisotopic (exact) mass is 547 g/mol. The zero-order valence-corrected chi connectivity index (χ0v) is 22.7. The van der Waals surface area contributed by atoms with Crippen molar-refractivity contribution in [1.29, 1.82) is 0 Å². The molecule has 0 radical (unpaired) electrons. The molecule has 3 aromatic rings. The molecule has 0 aromatic heterocycles. The summed E-state index contributed by atoms with van der Waals surface area (Å²) in [4.78, 5) is 41.6. The van der Waals surface area contributed by atoms with Crippen molar-refractivity contribution >= 4 is 46.5 Å². The van der Waals surface area contributed by atoms with Crippen LogP contribution in [0.3, 0.4) is 0 Å². The van der Waals surface area contributed by atoms with E-state index in [4.69, 9.17) is 26.4 Å². The highest BCUT2D eigenvalue weighted by Gasteiger charge is 2.43. The summed E-state index contributed by atoms with van der Waals surface area (Å²) in [7, 11) is 4.45. The first-order valence-corrected chi connectivity index (χ1v) is 12.7. The van der Waals surface area contributed by atoms with Crippen LogP contribution in [0.2, 0.25) is 0 Å². The fourth-order valence-corrected chi connectivity index (χ4v) is 4.80. The second kappa shape index (κ2) is 12.4. The number of amides is 2. The Morgan fingerprint density at radius 2 is 1.62 bits per heavy atom. The van der Waals surface area contributed by atoms with Crippen LogP contribution in [-0.4, -0.2) is 61.7 Å². The van der Waals surface area contributed by atoms with Crippen LogP contribution in [0, 0.1) is 0 Å². The van der Waals surface area contributed by atoms with Gasteiger partial charge in [-0.2, -0.15) is 0 Å². The second-order valence-electron chi connectivity index (χ2n) is 8.76. The van der Waals surface area contributed by atoms with E-state index >= 15 is 0 Å². The van der Waals surface area contributed by atoms with Gasteiger partial charge in [0.2, 0.25) is 5.91 Å². The van der Waals surface area contributed by atoms with Crippen molar-refractivity contribution in [2.75, 3.05) is 38.1 Å². The third-order valence-electron chi connectivity index (χ3n) is 6.39. The molecule has 10 heteroatoms. The lowest BCUT2D eigenvalue weighted by Crippen LogP contribution is -2.39. The molecule has 202 valence electrons. The van der Waals surface area contributed by atoms with Crippen LogP contribution in [0.25, 0.3) is 0 Å². The van der Waals surface area contributed by atoms with Crippen LogP contribution in [0.4, 0.5) is 11.4 Å². The van der Waals surface area contributed by atoms with Gasteiger partial charge in [-0.25, -0.2) is 4.79 Å². The average Bonchev–Trinajstić information content (AvgIpc) is 3.19. The molecule has 1 atom stereocenters. The first-order valence-electron chi connectivity index (χ1n) is 12.2. The fraction of sp³-hybridized carbons (Fsp3) is 0.241. The topological polar surface area (TPSA) is 97.4 Å². The number of nitrogens with one attached hydrogen (secondary N) is 1. The highest BCUT2D eigenvalue weighted by atomic mass is 32.1. The third-order valence-corrected chi connectivity index (χ3v) is 6.81. The fourth-order valence-electron chi connectivity index (χ4n) is 4.38. The normalized spacial score (nSPS) is 14.8. The zero-order chi connectivity index (χ0) is 27.9. The summed E-state index contributed by atoms with van der Waals surface area (Å²) in [5.41, 5.74) is 2.48. The van der Waals surface area contributed by atoms with Gasteiger partial charge in [-0.05, 0) is 72.7 Å². The summed E-state index contributed by atoms with van der Waals surface area (Å²) in [6.45, 7) is 0.412. The van der Waals surface area contributed by atoms with Gasteiger partial charge in [-0.15, -0.1) is 0 Å². The molecular weight excluding hydrogens is 518 g/mol. The molecule has 1 N–H and O–H groups in total. The Morgan fingerprint density at radius 1 is 0.923 bits per heavy atom. The van der Waals surface area contributed by atoms with Crippen molar-refractivity contribution in [3.63, 3.8) is 0 Å². The first-order chi connectivity index (χ1) is 18.9. The molecule has 2 amide bonds. The average molecular weight is 548 g/mol. The maximum absolute atomic E-state index is 13.6. The molecule has 0 spiro atoms. The predicted octanol–water partition coefficient (Wildman–Crippen LogP) is 4.06. The van der Waals surface area contributed by atoms with Gasteiger partial charge in [0.25, 0.3) is 5.91 Å². The van der Waals surface area contributed by atoms with Crippen molar-refractivity contribution in [3.8, 4) is 11.5 Å². The number of hydrogen-bond acceptors (Lipinski definition) is 7. The molecule has 0 aliphatic carbocycles. The van der Waals surface area contributed by atoms with Crippen molar-refractivity contribution in [1.82, 2.24) is 4.90 Å². The van der Waals surface area contributed by atoms with Crippen LogP contribution in [0.1, 0.15) is 22.3 Å². The molecule has 4 rings (SSSR count). The number of methoxy groups -OCH3 is 3. The van der Waals surface area contributed by atoms with Crippen LogP contribution in [0.5, 0.6) is 11.5 Å². The minimum absolute atomic E-state index is 0.104. The number of para-hydroxylation sites is 1. The van der Waals surface area contributed by atoms with Crippen LogP contribution < -0.4 is 19.7 Å². The highest BCUT2D eigenvalue weighted by Crippen LogP contribution is 2.30. The Bertz CT molecular complexity index is 1360. The number of carbonyl (C=O) groups is 3. The van der Waals surface area contributed by atoms with Crippen LogP contribution >= 0.6 is 12.2 Å². The molecule has 1 fully saturated rings. The minimum Gasteiger partial charge on any atom is -0.493 e. The first kappa shape index (κ1) is 27.6. The maximum Gasteiger partial charge on any atom is 0.337 e. The molecule has 1 aliphatic heterocycles. The van der Waals surface area contributed by atoms with Gasteiger partial charge in [0.05, 0.1) is 39.0 Å². The Kier molecular flexibility index (Phi) is 8.77. The van der Waals surface area contributed by atoms with Crippen LogP contribution in [0.15, 0.2) is 72.8 Å². The highest BCUT2D eigenvalue weighted by molar-refractivity contribution is 7.80. The van der Waals surface area contributed by atoms with Gasteiger partial charge in [0.15, 0.2) is 16.6 Å². The second-order valence-corrected chi connectivity index (χ2v) is 9.13. The van der Waals surface area contributed by atoms with Crippen molar-refractivity contribution < 1.29 is 28.6 Å². The quantitative estimate of drug-likeness (QED) is 0.300. The van der Waals surface area contributed by atoms with Crippen LogP contribution in [-0.2, 0) is 20.7 Å². The maximum atomic E-state index is 13.6. The van der Waals surface area contributed by atoms with Gasteiger partial charge in [0, 0.05) is 12.2 Å². The van der Waals surface area contributed by atoms with E-state index < -0.39 is 12.0 Å². The van der Waals surface area contributed by atoms with E-state index in [9.17, 15) is 14.4 Å². The number of rotatable bonds is 10. The number of carbonyl (C=O) groups excluding carboxylic acids is 3. The predicted molar refractivity (Wildman–Crippen MR) is 151 cm³/mol. The molecule has 39 heavy (non-hydrogen) atoms.